The average Bonchev–Trinajstić information content (AvgIpc) is 2.49. The predicted molar refractivity (Wildman–Crippen MR) is 71.1 cm³/mol. The van der Waals surface area contributed by atoms with Gasteiger partial charge in [-0.3, -0.25) is 4.79 Å². The van der Waals surface area contributed by atoms with Crippen molar-refractivity contribution in [2.45, 2.75) is 25.4 Å². The fourth-order valence-electron chi connectivity index (χ4n) is 2.02. The van der Waals surface area contributed by atoms with Crippen LogP contribution in [0.4, 0.5) is 10.1 Å². The van der Waals surface area contributed by atoms with E-state index in [0.29, 0.717) is 18.7 Å². The lowest BCUT2D eigenvalue weighted by Gasteiger charge is -2.21. The molecule has 0 aliphatic carbocycles. The molecule has 0 bridgehead atoms. The first-order valence-corrected chi connectivity index (χ1v) is 6.31. The van der Waals surface area contributed by atoms with Crippen LogP contribution in [0.2, 0.25) is 0 Å². The van der Waals surface area contributed by atoms with E-state index in [1.165, 1.54) is 12.1 Å². The van der Waals surface area contributed by atoms with Crippen molar-refractivity contribution in [2.24, 2.45) is 10.9 Å². The molecule has 1 aliphatic heterocycles. The Morgan fingerprint density at radius 1 is 1.50 bits per heavy atom. The summed E-state index contributed by atoms with van der Waals surface area (Å²) >= 11 is 0. The number of hydrogen-bond donors (Lipinski definition) is 3. The van der Waals surface area contributed by atoms with Crippen molar-refractivity contribution in [3.8, 4) is 0 Å². The number of nitrogens with two attached hydrogens (primary N) is 1. The van der Waals surface area contributed by atoms with E-state index >= 15 is 0 Å². The molecule has 1 aliphatic rings. The van der Waals surface area contributed by atoms with Gasteiger partial charge in [0.25, 0.3) is 5.91 Å². The topological polar surface area (TPSA) is 96.9 Å². The number of hydrogen-bond acceptors (Lipinski definition) is 4. The van der Waals surface area contributed by atoms with Crippen molar-refractivity contribution in [2.75, 3.05) is 11.9 Å². The largest absolute Gasteiger partial charge is 0.409 e. The van der Waals surface area contributed by atoms with Crippen LogP contribution in [0.3, 0.4) is 0 Å². The predicted octanol–water partition coefficient (Wildman–Crippen LogP) is 1.43. The van der Waals surface area contributed by atoms with Gasteiger partial charge in [0.1, 0.15) is 11.9 Å². The Morgan fingerprint density at radius 3 is 2.95 bits per heavy atom. The number of nitrogens with one attached hydrogen (secondary N) is 1. The second-order valence-electron chi connectivity index (χ2n) is 4.52. The molecule has 108 valence electrons. The van der Waals surface area contributed by atoms with Crippen LogP contribution in [0.5, 0.6) is 0 Å². The van der Waals surface area contributed by atoms with Crippen molar-refractivity contribution < 1.29 is 19.1 Å². The Morgan fingerprint density at radius 2 is 2.30 bits per heavy atom. The van der Waals surface area contributed by atoms with Crippen LogP contribution < -0.4 is 11.1 Å². The van der Waals surface area contributed by atoms with E-state index in [9.17, 15) is 9.18 Å². The van der Waals surface area contributed by atoms with E-state index in [0.717, 1.165) is 18.9 Å². The summed E-state index contributed by atoms with van der Waals surface area (Å²) in [4.78, 5) is 12.0. The second kappa shape index (κ2) is 6.33. The van der Waals surface area contributed by atoms with E-state index in [4.69, 9.17) is 15.7 Å². The van der Waals surface area contributed by atoms with Crippen molar-refractivity contribution in [1.82, 2.24) is 0 Å². The number of anilines is 1. The minimum Gasteiger partial charge on any atom is -0.409 e. The number of amidine groups is 1. The molecule has 1 aromatic rings. The normalized spacial score (nSPS) is 19.6. The smallest absolute Gasteiger partial charge is 0.253 e. The number of nitrogens with zero attached hydrogens (tertiary/aromatic N) is 1. The Hall–Kier alpha value is -2.15. The molecular formula is C13H16FN3O3. The number of carbonyl (C=O) groups is 1. The van der Waals surface area contributed by atoms with Crippen LogP contribution >= 0.6 is 0 Å². The molecule has 20 heavy (non-hydrogen) atoms. The molecule has 2 rings (SSSR count). The van der Waals surface area contributed by atoms with Gasteiger partial charge in [0, 0.05) is 12.3 Å². The van der Waals surface area contributed by atoms with Gasteiger partial charge in [0.05, 0.1) is 5.56 Å². The van der Waals surface area contributed by atoms with Gasteiger partial charge < -0.3 is 21.0 Å². The van der Waals surface area contributed by atoms with Crippen molar-refractivity contribution in [1.29, 1.82) is 0 Å². The Bertz CT molecular complexity index is 528. The van der Waals surface area contributed by atoms with E-state index in [1.54, 1.807) is 0 Å². The van der Waals surface area contributed by atoms with Crippen molar-refractivity contribution in [3.05, 3.63) is 29.6 Å². The molecule has 0 spiro atoms. The van der Waals surface area contributed by atoms with Gasteiger partial charge in [0.15, 0.2) is 5.84 Å². The zero-order valence-corrected chi connectivity index (χ0v) is 10.8. The van der Waals surface area contributed by atoms with Crippen LogP contribution in [0, 0.1) is 5.82 Å². The van der Waals surface area contributed by atoms with E-state index in [2.05, 4.69) is 10.5 Å². The third-order valence-electron chi connectivity index (χ3n) is 3.09. The lowest BCUT2D eigenvalue weighted by atomic mass is 10.1. The van der Waals surface area contributed by atoms with Gasteiger partial charge in [-0.2, -0.15) is 0 Å². The number of amides is 1. The molecule has 1 heterocycles. The highest BCUT2D eigenvalue weighted by molar-refractivity contribution is 6.00. The van der Waals surface area contributed by atoms with Gasteiger partial charge in [-0.25, -0.2) is 4.39 Å². The molecule has 1 atom stereocenters. The molecule has 0 saturated carbocycles. The summed E-state index contributed by atoms with van der Waals surface area (Å²) in [5.41, 5.74) is 5.65. The highest BCUT2D eigenvalue weighted by Gasteiger charge is 2.22. The maximum Gasteiger partial charge on any atom is 0.253 e. The molecule has 7 heteroatoms. The molecular weight excluding hydrogens is 265 g/mol. The van der Waals surface area contributed by atoms with E-state index < -0.39 is 11.9 Å². The van der Waals surface area contributed by atoms with Crippen molar-refractivity contribution >= 4 is 17.4 Å². The minimum absolute atomic E-state index is 0.0742. The molecule has 0 aromatic heterocycles. The summed E-state index contributed by atoms with van der Waals surface area (Å²) in [6.45, 7) is 0.566. The quantitative estimate of drug-likeness (QED) is 0.338. The second-order valence-corrected chi connectivity index (χ2v) is 4.52. The molecule has 6 nitrogen and oxygen atoms in total. The highest BCUT2D eigenvalue weighted by Crippen LogP contribution is 2.18. The van der Waals surface area contributed by atoms with Crippen LogP contribution in [0.15, 0.2) is 23.4 Å². The SMILES string of the molecule is NC(=NO)c1cc(NC(=O)C2CCCCO2)ccc1F. The number of rotatable bonds is 3. The lowest BCUT2D eigenvalue weighted by Crippen LogP contribution is -2.33. The fourth-order valence-corrected chi connectivity index (χ4v) is 2.02. The van der Waals surface area contributed by atoms with Crippen LogP contribution in [-0.2, 0) is 9.53 Å². The van der Waals surface area contributed by atoms with Gasteiger partial charge in [-0.15, -0.1) is 0 Å². The maximum absolute atomic E-state index is 13.5. The van der Waals surface area contributed by atoms with Crippen LogP contribution in [-0.4, -0.2) is 29.7 Å². The van der Waals surface area contributed by atoms with E-state index in [-0.39, 0.29) is 17.3 Å². The number of ether oxygens (including phenoxy) is 1. The molecule has 1 unspecified atom stereocenters. The summed E-state index contributed by atoms with van der Waals surface area (Å²) in [5, 5.41) is 14.0. The Balaban J connectivity index is 2.11. The average molecular weight is 281 g/mol. The molecule has 4 N–H and O–H groups in total. The molecule has 1 amide bonds. The number of halogens is 1. The van der Waals surface area contributed by atoms with Crippen molar-refractivity contribution in [3.63, 3.8) is 0 Å². The van der Waals surface area contributed by atoms with Gasteiger partial charge in [-0.05, 0) is 37.5 Å². The summed E-state index contributed by atoms with van der Waals surface area (Å²) in [5.74, 6) is -1.26. The molecule has 0 radical (unpaired) electrons. The van der Waals surface area contributed by atoms with E-state index in [1.807, 2.05) is 0 Å². The van der Waals surface area contributed by atoms with Gasteiger partial charge in [-0.1, -0.05) is 5.16 Å². The van der Waals surface area contributed by atoms with Gasteiger partial charge >= 0.3 is 0 Å². The first-order valence-electron chi connectivity index (χ1n) is 6.31. The summed E-state index contributed by atoms with van der Waals surface area (Å²) in [6.07, 6.45) is 2.08. The van der Waals surface area contributed by atoms with Gasteiger partial charge in [0.2, 0.25) is 0 Å². The minimum atomic E-state index is -0.632. The monoisotopic (exact) mass is 281 g/mol. The summed E-state index contributed by atoms with van der Waals surface area (Å²) in [6, 6.07) is 3.86. The number of carbonyl (C=O) groups excluding carboxylic acids is 1. The Labute approximate surface area is 115 Å². The van der Waals surface area contributed by atoms with Crippen LogP contribution in [0.1, 0.15) is 24.8 Å². The fraction of sp³-hybridized carbons (Fsp3) is 0.385. The number of benzene rings is 1. The maximum atomic E-state index is 13.5. The summed E-state index contributed by atoms with van der Waals surface area (Å²) in [7, 11) is 0. The number of oxime groups is 1. The first kappa shape index (κ1) is 14.3. The first-order chi connectivity index (χ1) is 9.61. The molecule has 1 aromatic carbocycles. The van der Waals surface area contributed by atoms with Crippen LogP contribution in [0.25, 0.3) is 0 Å². The molecule has 1 fully saturated rings. The highest BCUT2D eigenvalue weighted by atomic mass is 19.1. The third kappa shape index (κ3) is 3.24. The Kier molecular flexibility index (Phi) is 4.52. The standard InChI is InChI=1S/C13H16FN3O3/c14-10-5-4-8(7-9(10)12(15)17-19)16-13(18)11-3-1-2-6-20-11/h4-5,7,11,19H,1-3,6H2,(H2,15,17)(H,16,18). The zero-order valence-electron chi connectivity index (χ0n) is 10.8. The summed E-state index contributed by atoms with van der Waals surface area (Å²) < 4.78 is 18.8. The zero-order chi connectivity index (χ0) is 14.5. The third-order valence-corrected chi connectivity index (χ3v) is 3.09. The molecule has 1 saturated heterocycles. The lowest BCUT2D eigenvalue weighted by molar-refractivity contribution is -0.129.